The number of rotatable bonds is 7. The number of hydrogen-bond acceptors (Lipinski definition) is 4. The Balaban J connectivity index is 1.61. The van der Waals surface area contributed by atoms with Crippen LogP contribution in [0.15, 0.2) is 48.8 Å². The number of anilines is 1. The minimum Gasteiger partial charge on any atom is -0.492 e. The SMILES string of the molecule is Nc1cccc(OCCNC(=O)CCc2cccnc2)c1. The Morgan fingerprint density at radius 1 is 1.29 bits per heavy atom. The lowest BCUT2D eigenvalue weighted by Crippen LogP contribution is -2.28. The number of benzene rings is 1. The first-order chi connectivity index (χ1) is 10.2. The van der Waals surface area contributed by atoms with Crippen LogP contribution in [-0.4, -0.2) is 24.0 Å². The van der Waals surface area contributed by atoms with Crippen molar-refractivity contribution >= 4 is 11.6 Å². The van der Waals surface area contributed by atoms with Gasteiger partial charge in [0.1, 0.15) is 12.4 Å². The van der Waals surface area contributed by atoms with Gasteiger partial charge in [0.2, 0.25) is 5.91 Å². The van der Waals surface area contributed by atoms with E-state index >= 15 is 0 Å². The van der Waals surface area contributed by atoms with Gasteiger partial charge in [0.15, 0.2) is 0 Å². The zero-order valence-electron chi connectivity index (χ0n) is 11.8. The van der Waals surface area contributed by atoms with E-state index in [9.17, 15) is 4.79 Å². The quantitative estimate of drug-likeness (QED) is 0.600. The smallest absolute Gasteiger partial charge is 0.220 e. The summed E-state index contributed by atoms with van der Waals surface area (Å²) >= 11 is 0. The summed E-state index contributed by atoms with van der Waals surface area (Å²) < 4.78 is 5.50. The van der Waals surface area contributed by atoms with Crippen molar-refractivity contribution < 1.29 is 9.53 Å². The molecule has 0 atom stereocenters. The highest BCUT2D eigenvalue weighted by Gasteiger charge is 2.02. The van der Waals surface area contributed by atoms with Gasteiger partial charge in [0.25, 0.3) is 0 Å². The number of pyridine rings is 1. The molecule has 1 amide bonds. The Morgan fingerprint density at radius 2 is 2.19 bits per heavy atom. The van der Waals surface area contributed by atoms with Gasteiger partial charge in [-0.25, -0.2) is 0 Å². The number of hydrogen-bond donors (Lipinski definition) is 2. The van der Waals surface area contributed by atoms with Crippen molar-refractivity contribution in [2.75, 3.05) is 18.9 Å². The molecule has 1 aromatic heterocycles. The van der Waals surface area contributed by atoms with Crippen molar-refractivity contribution in [1.29, 1.82) is 0 Å². The van der Waals surface area contributed by atoms with Crippen molar-refractivity contribution in [2.45, 2.75) is 12.8 Å². The topological polar surface area (TPSA) is 77.2 Å². The second-order valence-corrected chi connectivity index (χ2v) is 4.63. The van der Waals surface area contributed by atoms with Crippen LogP contribution in [0.25, 0.3) is 0 Å². The summed E-state index contributed by atoms with van der Waals surface area (Å²) in [5.41, 5.74) is 7.37. The van der Waals surface area contributed by atoms with Crippen LogP contribution in [0.3, 0.4) is 0 Å². The molecule has 0 saturated heterocycles. The fourth-order valence-electron chi connectivity index (χ4n) is 1.86. The third kappa shape index (κ3) is 5.52. The van der Waals surface area contributed by atoms with Gasteiger partial charge in [0.05, 0.1) is 6.54 Å². The van der Waals surface area contributed by atoms with E-state index in [0.717, 1.165) is 5.56 Å². The van der Waals surface area contributed by atoms with E-state index in [-0.39, 0.29) is 5.91 Å². The largest absolute Gasteiger partial charge is 0.492 e. The Kier molecular flexibility index (Phi) is 5.58. The second-order valence-electron chi connectivity index (χ2n) is 4.63. The van der Waals surface area contributed by atoms with E-state index < -0.39 is 0 Å². The molecular weight excluding hydrogens is 266 g/mol. The predicted octanol–water partition coefficient (Wildman–Crippen LogP) is 1.79. The average Bonchev–Trinajstić information content (AvgIpc) is 2.51. The summed E-state index contributed by atoms with van der Waals surface area (Å²) in [7, 11) is 0. The van der Waals surface area contributed by atoms with Gasteiger partial charge >= 0.3 is 0 Å². The Morgan fingerprint density at radius 3 is 2.95 bits per heavy atom. The molecule has 21 heavy (non-hydrogen) atoms. The number of aryl methyl sites for hydroxylation is 1. The maximum absolute atomic E-state index is 11.7. The van der Waals surface area contributed by atoms with Gasteiger partial charge in [-0.1, -0.05) is 12.1 Å². The molecule has 0 saturated carbocycles. The van der Waals surface area contributed by atoms with Crippen molar-refractivity contribution in [3.05, 3.63) is 54.4 Å². The van der Waals surface area contributed by atoms with Crippen LogP contribution < -0.4 is 15.8 Å². The minimum atomic E-state index is 0.00929. The van der Waals surface area contributed by atoms with Gasteiger partial charge in [0, 0.05) is 30.6 Å². The standard InChI is InChI=1S/C16H19N3O2/c17-14-4-1-5-15(11-14)21-10-9-19-16(20)7-6-13-3-2-8-18-12-13/h1-5,8,11-12H,6-7,9-10,17H2,(H,19,20). The van der Waals surface area contributed by atoms with Gasteiger partial charge in [-0.2, -0.15) is 0 Å². The molecule has 5 nitrogen and oxygen atoms in total. The molecule has 0 unspecified atom stereocenters. The highest BCUT2D eigenvalue weighted by molar-refractivity contribution is 5.76. The lowest BCUT2D eigenvalue weighted by molar-refractivity contribution is -0.121. The third-order valence-corrected chi connectivity index (χ3v) is 2.91. The maximum atomic E-state index is 11.7. The highest BCUT2D eigenvalue weighted by Crippen LogP contribution is 2.13. The Bertz CT molecular complexity index is 573. The summed E-state index contributed by atoms with van der Waals surface area (Å²) in [6.07, 6.45) is 4.63. The van der Waals surface area contributed by atoms with E-state index in [1.165, 1.54) is 0 Å². The minimum absolute atomic E-state index is 0.00929. The number of nitrogens with two attached hydrogens (primary N) is 1. The first-order valence-corrected chi connectivity index (χ1v) is 6.88. The zero-order valence-corrected chi connectivity index (χ0v) is 11.8. The molecule has 0 aliphatic rings. The number of nitrogens with one attached hydrogen (secondary N) is 1. The van der Waals surface area contributed by atoms with Crippen LogP contribution >= 0.6 is 0 Å². The monoisotopic (exact) mass is 285 g/mol. The lowest BCUT2D eigenvalue weighted by atomic mass is 10.1. The third-order valence-electron chi connectivity index (χ3n) is 2.91. The molecule has 0 radical (unpaired) electrons. The summed E-state index contributed by atoms with van der Waals surface area (Å²) in [5.74, 6) is 0.717. The fourth-order valence-corrected chi connectivity index (χ4v) is 1.86. The molecule has 0 aliphatic heterocycles. The molecule has 110 valence electrons. The number of carbonyl (C=O) groups is 1. The Hall–Kier alpha value is -2.56. The first-order valence-electron chi connectivity index (χ1n) is 6.88. The summed E-state index contributed by atoms with van der Waals surface area (Å²) in [5, 5.41) is 2.82. The maximum Gasteiger partial charge on any atom is 0.220 e. The predicted molar refractivity (Wildman–Crippen MR) is 81.9 cm³/mol. The number of amides is 1. The van der Waals surface area contributed by atoms with Gasteiger partial charge < -0.3 is 15.8 Å². The number of nitrogens with zero attached hydrogens (tertiary/aromatic N) is 1. The lowest BCUT2D eigenvalue weighted by Gasteiger charge is -2.08. The number of carbonyl (C=O) groups excluding carboxylic acids is 1. The molecule has 3 N–H and O–H groups in total. The van der Waals surface area contributed by atoms with Crippen molar-refractivity contribution in [3.63, 3.8) is 0 Å². The van der Waals surface area contributed by atoms with Crippen LogP contribution in [0, 0.1) is 0 Å². The number of nitrogen functional groups attached to an aromatic ring is 1. The van der Waals surface area contributed by atoms with E-state index in [2.05, 4.69) is 10.3 Å². The zero-order chi connectivity index (χ0) is 14.9. The molecule has 1 heterocycles. The second kappa shape index (κ2) is 7.89. The molecule has 1 aromatic carbocycles. The van der Waals surface area contributed by atoms with Crippen LogP contribution in [-0.2, 0) is 11.2 Å². The number of aromatic nitrogens is 1. The summed E-state index contributed by atoms with van der Waals surface area (Å²) in [6, 6.07) is 11.0. The van der Waals surface area contributed by atoms with Crippen LogP contribution in [0.5, 0.6) is 5.75 Å². The molecule has 2 aromatic rings. The summed E-state index contributed by atoms with van der Waals surface area (Å²) in [4.78, 5) is 15.7. The van der Waals surface area contributed by atoms with Crippen molar-refractivity contribution in [2.24, 2.45) is 0 Å². The normalized spacial score (nSPS) is 10.1. The first kappa shape index (κ1) is 14.8. The molecule has 0 fully saturated rings. The van der Waals surface area contributed by atoms with E-state index in [0.29, 0.717) is 37.4 Å². The van der Waals surface area contributed by atoms with Crippen molar-refractivity contribution in [3.8, 4) is 5.75 Å². The van der Waals surface area contributed by atoms with Crippen molar-refractivity contribution in [1.82, 2.24) is 10.3 Å². The molecule has 0 bridgehead atoms. The molecule has 0 aliphatic carbocycles. The Labute approximate surface area is 124 Å². The molecule has 0 spiro atoms. The average molecular weight is 285 g/mol. The van der Waals surface area contributed by atoms with Crippen LogP contribution in [0.2, 0.25) is 0 Å². The molecular formula is C16H19N3O2. The molecule has 2 rings (SSSR count). The highest BCUT2D eigenvalue weighted by atomic mass is 16.5. The van der Waals surface area contributed by atoms with Gasteiger partial charge in [-0.05, 0) is 30.2 Å². The van der Waals surface area contributed by atoms with E-state index in [1.54, 1.807) is 24.5 Å². The van der Waals surface area contributed by atoms with Crippen LogP contribution in [0.1, 0.15) is 12.0 Å². The number of ether oxygens (including phenoxy) is 1. The summed E-state index contributed by atoms with van der Waals surface area (Å²) in [6.45, 7) is 0.892. The fraction of sp³-hybridized carbons (Fsp3) is 0.250. The molecule has 5 heteroatoms. The van der Waals surface area contributed by atoms with Crippen LogP contribution in [0.4, 0.5) is 5.69 Å². The van der Waals surface area contributed by atoms with E-state index in [4.69, 9.17) is 10.5 Å². The van der Waals surface area contributed by atoms with Gasteiger partial charge in [-0.15, -0.1) is 0 Å². The van der Waals surface area contributed by atoms with Gasteiger partial charge in [-0.3, -0.25) is 9.78 Å². The van der Waals surface area contributed by atoms with E-state index in [1.807, 2.05) is 24.3 Å².